The number of carbonyl (C=O) groups is 4. The van der Waals surface area contributed by atoms with E-state index in [1.807, 2.05) is 20.8 Å². The lowest BCUT2D eigenvalue weighted by molar-refractivity contribution is -0.150. The van der Waals surface area contributed by atoms with Gasteiger partial charge in [0.05, 0.1) is 0 Å². The van der Waals surface area contributed by atoms with E-state index in [9.17, 15) is 24.3 Å². The van der Waals surface area contributed by atoms with Crippen molar-refractivity contribution in [3.63, 3.8) is 0 Å². The maximum Gasteiger partial charge on any atom is 0.408 e. The summed E-state index contributed by atoms with van der Waals surface area (Å²) in [6.45, 7) is 12.5. The van der Waals surface area contributed by atoms with E-state index in [2.05, 4.69) is 10.6 Å². The maximum atomic E-state index is 14.4. The van der Waals surface area contributed by atoms with E-state index < -0.39 is 41.1 Å². The van der Waals surface area contributed by atoms with Crippen LogP contribution in [0.4, 0.5) is 4.79 Å². The molecule has 10 nitrogen and oxygen atoms in total. The predicted octanol–water partition coefficient (Wildman–Crippen LogP) is 4.37. The quantitative estimate of drug-likeness (QED) is 0.316. The van der Waals surface area contributed by atoms with Crippen LogP contribution in [0.5, 0.6) is 5.75 Å². The van der Waals surface area contributed by atoms with Gasteiger partial charge in [-0.2, -0.15) is 0 Å². The minimum Gasteiger partial charge on any atom is -0.508 e. The summed E-state index contributed by atoms with van der Waals surface area (Å²) in [7, 11) is 0. The molecule has 1 saturated carbocycles. The number of carbonyl (C=O) groups excluding carboxylic acids is 4. The maximum absolute atomic E-state index is 14.4. The van der Waals surface area contributed by atoms with Gasteiger partial charge >= 0.3 is 6.09 Å². The van der Waals surface area contributed by atoms with E-state index in [1.165, 1.54) is 11.0 Å². The van der Waals surface area contributed by atoms with Gasteiger partial charge in [0.25, 0.3) is 0 Å². The lowest BCUT2D eigenvalue weighted by Gasteiger charge is -2.45. The van der Waals surface area contributed by atoms with Crippen molar-refractivity contribution < 1.29 is 29.0 Å². The van der Waals surface area contributed by atoms with Gasteiger partial charge in [0.1, 0.15) is 23.4 Å². The molecular formula is C30H48N4O6. The number of alkyl carbamates (subject to hydrolysis) is 1. The molecule has 224 valence electrons. The molecule has 10 heteroatoms. The van der Waals surface area contributed by atoms with Crippen LogP contribution in [0, 0.1) is 6.92 Å². The highest BCUT2D eigenvalue weighted by molar-refractivity contribution is 5.93. The van der Waals surface area contributed by atoms with Crippen molar-refractivity contribution >= 4 is 23.8 Å². The number of amides is 4. The van der Waals surface area contributed by atoms with Crippen molar-refractivity contribution in [2.24, 2.45) is 5.73 Å². The van der Waals surface area contributed by atoms with Gasteiger partial charge in [-0.05, 0) is 90.5 Å². The van der Waals surface area contributed by atoms with E-state index in [-0.39, 0.29) is 30.5 Å². The Bertz CT molecular complexity index is 1060. The molecule has 2 unspecified atom stereocenters. The molecule has 2 atom stereocenters. The zero-order chi connectivity index (χ0) is 30.3. The topological polar surface area (TPSA) is 151 Å². The van der Waals surface area contributed by atoms with Gasteiger partial charge < -0.3 is 31.1 Å². The second-order valence-electron chi connectivity index (χ2n) is 12.4. The summed E-state index contributed by atoms with van der Waals surface area (Å²) in [4.78, 5) is 54.4. The van der Waals surface area contributed by atoms with Gasteiger partial charge in [-0.1, -0.05) is 32.3 Å². The SMILES string of the molecule is CCC(C)(C)N(C(=O)C(CCC(N)=O)NC(=O)OC(C)(C)C)C(C(=O)NC1CCCCC1)c1ccc(O)c(C)c1. The first kappa shape index (κ1) is 32.9. The number of rotatable bonds is 11. The standard InChI is InChI=1S/C30H48N4O6/c1-8-30(6,7)34(27(38)22(15-17-24(31)36)33-28(39)40-29(3,4)5)25(20-14-16-23(35)19(2)18-20)26(37)32-21-12-10-9-11-13-21/h14,16,18,21-22,25,35H,8-13,15,17H2,1-7H3,(H2,31,36)(H,32,37)(H,33,39). The number of phenolic OH excluding ortho intramolecular Hbond substituents is 1. The van der Waals surface area contributed by atoms with E-state index in [0.717, 1.165) is 32.1 Å². The van der Waals surface area contributed by atoms with Crippen LogP contribution in [0.2, 0.25) is 0 Å². The van der Waals surface area contributed by atoms with Gasteiger partial charge in [0.15, 0.2) is 0 Å². The Morgan fingerprint density at radius 1 is 1.10 bits per heavy atom. The highest BCUT2D eigenvalue weighted by atomic mass is 16.6. The summed E-state index contributed by atoms with van der Waals surface area (Å²) in [5.74, 6) is -1.41. The molecule has 1 aliphatic rings. The molecule has 1 aromatic carbocycles. The summed E-state index contributed by atoms with van der Waals surface area (Å²) >= 11 is 0. The fourth-order valence-electron chi connectivity index (χ4n) is 4.90. The molecule has 4 amide bonds. The summed E-state index contributed by atoms with van der Waals surface area (Å²) in [5, 5.41) is 16.0. The molecule has 1 aliphatic carbocycles. The Hall–Kier alpha value is -3.30. The van der Waals surface area contributed by atoms with Crippen LogP contribution in [0.25, 0.3) is 0 Å². The number of hydrogen-bond donors (Lipinski definition) is 4. The van der Waals surface area contributed by atoms with Crippen LogP contribution in [0.1, 0.15) is 110 Å². The molecule has 2 rings (SSSR count). The van der Waals surface area contributed by atoms with Crippen LogP contribution < -0.4 is 16.4 Å². The Morgan fingerprint density at radius 2 is 1.73 bits per heavy atom. The number of nitrogens with one attached hydrogen (secondary N) is 2. The Balaban J connectivity index is 2.60. The first-order valence-electron chi connectivity index (χ1n) is 14.3. The van der Waals surface area contributed by atoms with Gasteiger partial charge in [0.2, 0.25) is 17.7 Å². The Morgan fingerprint density at radius 3 is 2.25 bits per heavy atom. The normalized spacial score (nSPS) is 16.0. The average Bonchev–Trinajstić information content (AvgIpc) is 2.85. The minimum atomic E-state index is -1.17. The first-order valence-corrected chi connectivity index (χ1v) is 14.3. The highest BCUT2D eigenvalue weighted by Gasteiger charge is 2.43. The van der Waals surface area contributed by atoms with Crippen LogP contribution in [-0.4, -0.2) is 57.0 Å². The zero-order valence-electron chi connectivity index (χ0n) is 25.1. The number of nitrogens with zero attached hydrogens (tertiary/aromatic N) is 1. The Labute approximate surface area is 238 Å². The second kappa shape index (κ2) is 13.9. The number of phenols is 1. The number of ether oxygens (including phenoxy) is 1. The lowest BCUT2D eigenvalue weighted by Crippen LogP contribution is -2.60. The third kappa shape index (κ3) is 9.41. The molecule has 0 spiro atoms. The van der Waals surface area contributed by atoms with Crippen LogP contribution in [-0.2, 0) is 19.1 Å². The van der Waals surface area contributed by atoms with Crippen LogP contribution >= 0.6 is 0 Å². The van der Waals surface area contributed by atoms with E-state index in [1.54, 1.807) is 39.8 Å². The molecule has 5 N–H and O–H groups in total. The number of hydrogen-bond acceptors (Lipinski definition) is 6. The summed E-state index contributed by atoms with van der Waals surface area (Å²) < 4.78 is 5.39. The molecule has 0 heterocycles. The van der Waals surface area contributed by atoms with Crippen LogP contribution in [0.3, 0.4) is 0 Å². The molecule has 40 heavy (non-hydrogen) atoms. The molecule has 1 aromatic rings. The number of benzene rings is 1. The molecule has 0 aromatic heterocycles. The summed E-state index contributed by atoms with van der Waals surface area (Å²) in [6.07, 6.45) is 4.36. The molecule has 0 saturated heterocycles. The minimum absolute atomic E-state index is 0.00537. The lowest BCUT2D eigenvalue weighted by atomic mass is 9.90. The highest BCUT2D eigenvalue weighted by Crippen LogP contribution is 2.34. The summed E-state index contributed by atoms with van der Waals surface area (Å²) in [6, 6.07) is 2.62. The van der Waals surface area contributed by atoms with Gasteiger partial charge in [-0.3, -0.25) is 14.4 Å². The third-order valence-electron chi connectivity index (χ3n) is 7.42. The van der Waals surface area contributed by atoms with Gasteiger partial charge in [-0.25, -0.2) is 4.79 Å². The van der Waals surface area contributed by atoms with E-state index >= 15 is 0 Å². The number of primary amides is 1. The van der Waals surface area contributed by atoms with Crippen molar-refractivity contribution in [3.8, 4) is 5.75 Å². The first-order chi connectivity index (χ1) is 18.6. The van der Waals surface area contributed by atoms with Crippen molar-refractivity contribution in [2.75, 3.05) is 0 Å². The zero-order valence-corrected chi connectivity index (χ0v) is 25.1. The largest absolute Gasteiger partial charge is 0.508 e. The van der Waals surface area contributed by atoms with Gasteiger partial charge in [0, 0.05) is 18.0 Å². The van der Waals surface area contributed by atoms with Gasteiger partial charge in [-0.15, -0.1) is 0 Å². The van der Waals surface area contributed by atoms with Crippen molar-refractivity contribution in [2.45, 2.75) is 129 Å². The smallest absolute Gasteiger partial charge is 0.408 e. The summed E-state index contributed by atoms with van der Waals surface area (Å²) in [5.41, 5.74) is 4.85. The monoisotopic (exact) mass is 560 g/mol. The number of nitrogens with two attached hydrogens (primary N) is 1. The molecule has 0 aliphatic heterocycles. The second-order valence-corrected chi connectivity index (χ2v) is 12.4. The molecule has 1 fully saturated rings. The fourth-order valence-corrected chi connectivity index (χ4v) is 4.90. The fraction of sp³-hybridized carbons (Fsp3) is 0.667. The Kier molecular flexibility index (Phi) is 11.4. The molecule has 0 radical (unpaired) electrons. The van der Waals surface area contributed by atoms with Crippen LogP contribution in [0.15, 0.2) is 18.2 Å². The molecular weight excluding hydrogens is 512 g/mol. The molecule has 0 bridgehead atoms. The number of aryl methyl sites for hydroxylation is 1. The average molecular weight is 561 g/mol. The van der Waals surface area contributed by atoms with Crippen molar-refractivity contribution in [1.82, 2.24) is 15.5 Å². The predicted molar refractivity (Wildman–Crippen MR) is 153 cm³/mol. The van der Waals surface area contributed by atoms with E-state index in [4.69, 9.17) is 10.5 Å². The third-order valence-corrected chi connectivity index (χ3v) is 7.42. The van der Waals surface area contributed by atoms with Crippen molar-refractivity contribution in [1.29, 1.82) is 0 Å². The van der Waals surface area contributed by atoms with Crippen molar-refractivity contribution in [3.05, 3.63) is 29.3 Å². The van der Waals surface area contributed by atoms with E-state index in [0.29, 0.717) is 17.5 Å². The number of aromatic hydroxyl groups is 1.